The molecular weight excluding hydrogens is 319 g/mol. The summed E-state index contributed by atoms with van der Waals surface area (Å²) in [6, 6.07) is 12.1. The second kappa shape index (κ2) is 8.03. The van der Waals surface area contributed by atoms with Gasteiger partial charge in [-0.05, 0) is 62.2 Å². The first-order chi connectivity index (χ1) is 12.1. The molecule has 2 aromatic rings. The summed E-state index contributed by atoms with van der Waals surface area (Å²) >= 11 is 0. The molecule has 0 aliphatic carbocycles. The van der Waals surface area contributed by atoms with Crippen LogP contribution >= 0.6 is 0 Å². The molecule has 0 bridgehead atoms. The maximum atomic E-state index is 13.0. The van der Waals surface area contributed by atoms with Gasteiger partial charge >= 0.3 is 0 Å². The van der Waals surface area contributed by atoms with Gasteiger partial charge in [0.25, 0.3) is 5.91 Å². The van der Waals surface area contributed by atoms with Crippen LogP contribution in [0, 0.1) is 11.7 Å². The largest absolute Gasteiger partial charge is 0.352 e. The Kier molecular flexibility index (Phi) is 5.56. The van der Waals surface area contributed by atoms with Crippen LogP contribution in [0.5, 0.6) is 0 Å². The van der Waals surface area contributed by atoms with E-state index in [1.165, 1.54) is 24.3 Å². The van der Waals surface area contributed by atoms with E-state index in [0.717, 1.165) is 25.9 Å². The molecule has 0 saturated carbocycles. The van der Waals surface area contributed by atoms with E-state index in [1.807, 2.05) is 0 Å². The van der Waals surface area contributed by atoms with Crippen LogP contribution in [0.3, 0.4) is 0 Å². The Morgan fingerprint density at radius 1 is 1.08 bits per heavy atom. The van der Waals surface area contributed by atoms with Gasteiger partial charge in [0.05, 0.1) is 5.56 Å². The number of ketones is 1. The van der Waals surface area contributed by atoms with Crippen molar-refractivity contribution in [1.82, 2.24) is 10.6 Å². The Bertz CT molecular complexity index is 753. The average molecular weight is 340 g/mol. The zero-order valence-electron chi connectivity index (χ0n) is 13.9. The zero-order chi connectivity index (χ0) is 17.6. The number of halogens is 1. The summed E-state index contributed by atoms with van der Waals surface area (Å²) in [5.41, 5.74) is 1.04. The normalized spacial score (nSPS) is 16.6. The Hall–Kier alpha value is -2.53. The van der Waals surface area contributed by atoms with Gasteiger partial charge in [-0.2, -0.15) is 0 Å². The van der Waals surface area contributed by atoms with E-state index in [4.69, 9.17) is 0 Å². The van der Waals surface area contributed by atoms with Crippen LogP contribution in [0.1, 0.15) is 39.1 Å². The predicted molar refractivity (Wildman–Crippen MR) is 94.2 cm³/mol. The minimum atomic E-state index is -0.399. The Morgan fingerprint density at radius 3 is 2.48 bits per heavy atom. The number of hydrogen-bond donors (Lipinski definition) is 2. The van der Waals surface area contributed by atoms with Crippen LogP contribution in [-0.4, -0.2) is 31.3 Å². The first-order valence-electron chi connectivity index (χ1n) is 8.53. The first-order valence-corrected chi connectivity index (χ1v) is 8.53. The zero-order valence-corrected chi connectivity index (χ0v) is 13.9. The third kappa shape index (κ3) is 4.31. The summed E-state index contributed by atoms with van der Waals surface area (Å²) < 4.78 is 13.0. The van der Waals surface area contributed by atoms with Gasteiger partial charge in [0.1, 0.15) is 5.82 Å². The standard InChI is InChI=1S/C20H21FN2O2/c21-16-7-5-15(6-8-16)19(24)17-3-1-2-4-18(17)20(25)23-12-10-14-9-11-22-13-14/h1-8,14,22H,9-13H2,(H,23,25). The van der Waals surface area contributed by atoms with Crippen molar-refractivity contribution in [3.63, 3.8) is 0 Å². The summed E-state index contributed by atoms with van der Waals surface area (Å²) in [5, 5.41) is 6.21. The summed E-state index contributed by atoms with van der Waals surface area (Å²) in [4.78, 5) is 25.1. The fourth-order valence-corrected chi connectivity index (χ4v) is 3.08. The van der Waals surface area contributed by atoms with Crippen LogP contribution in [0.4, 0.5) is 4.39 Å². The molecule has 1 heterocycles. The lowest BCUT2D eigenvalue weighted by atomic mass is 9.97. The van der Waals surface area contributed by atoms with E-state index in [1.54, 1.807) is 24.3 Å². The Balaban J connectivity index is 1.70. The fourth-order valence-electron chi connectivity index (χ4n) is 3.08. The molecule has 4 nitrogen and oxygen atoms in total. The van der Waals surface area contributed by atoms with E-state index in [9.17, 15) is 14.0 Å². The highest BCUT2D eigenvalue weighted by Gasteiger charge is 2.19. The van der Waals surface area contributed by atoms with Crippen molar-refractivity contribution >= 4 is 11.7 Å². The Labute approximate surface area is 146 Å². The molecule has 0 spiro atoms. The van der Waals surface area contributed by atoms with Crippen LogP contribution in [0.15, 0.2) is 48.5 Å². The SMILES string of the molecule is O=C(NCCC1CCNC1)c1ccccc1C(=O)c1ccc(F)cc1. The third-order valence-corrected chi connectivity index (χ3v) is 4.52. The summed E-state index contributed by atoms with van der Waals surface area (Å²) in [5.74, 6) is -0.344. The van der Waals surface area contributed by atoms with Gasteiger partial charge in [0.15, 0.2) is 5.78 Å². The molecule has 1 fully saturated rings. The number of rotatable bonds is 6. The van der Waals surface area contributed by atoms with Crippen molar-refractivity contribution in [2.45, 2.75) is 12.8 Å². The molecule has 2 N–H and O–H groups in total. The lowest BCUT2D eigenvalue weighted by molar-refractivity contribution is 0.0940. The first kappa shape index (κ1) is 17.3. The van der Waals surface area contributed by atoms with Crippen molar-refractivity contribution in [3.05, 3.63) is 71.0 Å². The van der Waals surface area contributed by atoms with Gasteiger partial charge < -0.3 is 10.6 Å². The number of benzene rings is 2. The lowest BCUT2D eigenvalue weighted by Gasteiger charge is -2.11. The highest BCUT2D eigenvalue weighted by Crippen LogP contribution is 2.16. The number of amides is 1. The molecule has 1 unspecified atom stereocenters. The van der Waals surface area contributed by atoms with Gasteiger partial charge in [0, 0.05) is 17.7 Å². The van der Waals surface area contributed by atoms with Crippen molar-refractivity contribution in [2.75, 3.05) is 19.6 Å². The van der Waals surface area contributed by atoms with Crippen molar-refractivity contribution in [2.24, 2.45) is 5.92 Å². The van der Waals surface area contributed by atoms with Crippen molar-refractivity contribution in [1.29, 1.82) is 0 Å². The molecule has 1 amide bonds. The molecule has 1 aliphatic heterocycles. The number of nitrogens with one attached hydrogen (secondary N) is 2. The maximum absolute atomic E-state index is 13.0. The van der Waals surface area contributed by atoms with Gasteiger partial charge in [0.2, 0.25) is 0 Å². The van der Waals surface area contributed by atoms with Crippen molar-refractivity contribution in [3.8, 4) is 0 Å². The molecule has 1 atom stereocenters. The molecule has 1 aliphatic rings. The average Bonchev–Trinajstić information content (AvgIpc) is 3.15. The molecule has 1 saturated heterocycles. The van der Waals surface area contributed by atoms with E-state index < -0.39 is 5.82 Å². The van der Waals surface area contributed by atoms with E-state index in [-0.39, 0.29) is 11.7 Å². The van der Waals surface area contributed by atoms with Crippen LogP contribution in [0.2, 0.25) is 0 Å². The Morgan fingerprint density at radius 2 is 1.80 bits per heavy atom. The summed E-state index contributed by atoms with van der Waals surface area (Å²) in [6.07, 6.45) is 2.06. The number of carbonyl (C=O) groups excluding carboxylic acids is 2. The lowest BCUT2D eigenvalue weighted by Crippen LogP contribution is -2.28. The number of carbonyl (C=O) groups is 2. The highest BCUT2D eigenvalue weighted by atomic mass is 19.1. The van der Waals surface area contributed by atoms with Crippen LogP contribution < -0.4 is 10.6 Å². The molecule has 2 aromatic carbocycles. The minimum Gasteiger partial charge on any atom is -0.352 e. The van der Waals surface area contributed by atoms with Gasteiger partial charge in [-0.15, -0.1) is 0 Å². The summed E-state index contributed by atoms with van der Waals surface area (Å²) in [6.45, 7) is 2.62. The van der Waals surface area contributed by atoms with Gasteiger partial charge in [-0.3, -0.25) is 9.59 Å². The molecule has 25 heavy (non-hydrogen) atoms. The number of hydrogen-bond acceptors (Lipinski definition) is 3. The quantitative estimate of drug-likeness (QED) is 0.795. The predicted octanol–water partition coefficient (Wildman–Crippen LogP) is 2.79. The molecule has 0 aromatic heterocycles. The van der Waals surface area contributed by atoms with Crippen LogP contribution in [0.25, 0.3) is 0 Å². The topological polar surface area (TPSA) is 58.2 Å². The smallest absolute Gasteiger partial charge is 0.252 e. The maximum Gasteiger partial charge on any atom is 0.252 e. The second-order valence-corrected chi connectivity index (χ2v) is 6.29. The van der Waals surface area contributed by atoms with E-state index in [0.29, 0.717) is 29.2 Å². The summed E-state index contributed by atoms with van der Waals surface area (Å²) in [7, 11) is 0. The van der Waals surface area contributed by atoms with Crippen molar-refractivity contribution < 1.29 is 14.0 Å². The third-order valence-electron chi connectivity index (χ3n) is 4.52. The molecular formula is C20H21FN2O2. The van der Waals surface area contributed by atoms with E-state index >= 15 is 0 Å². The monoisotopic (exact) mass is 340 g/mol. The van der Waals surface area contributed by atoms with Gasteiger partial charge in [-0.25, -0.2) is 4.39 Å². The van der Waals surface area contributed by atoms with E-state index in [2.05, 4.69) is 10.6 Å². The highest BCUT2D eigenvalue weighted by molar-refractivity contribution is 6.15. The molecule has 3 rings (SSSR count). The molecule has 0 radical (unpaired) electrons. The van der Waals surface area contributed by atoms with Crippen LogP contribution in [-0.2, 0) is 0 Å². The van der Waals surface area contributed by atoms with Gasteiger partial charge in [-0.1, -0.05) is 18.2 Å². The molecule has 5 heteroatoms. The molecule has 130 valence electrons. The second-order valence-electron chi connectivity index (χ2n) is 6.29. The fraction of sp³-hybridized carbons (Fsp3) is 0.300. The minimum absolute atomic E-state index is 0.253.